The van der Waals surface area contributed by atoms with Gasteiger partial charge in [0, 0.05) is 16.8 Å². The maximum atomic E-state index is 2.53. The normalized spacial score (nSPS) is 12.6. The van der Waals surface area contributed by atoms with Gasteiger partial charge < -0.3 is 4.40 Å². The largest absolute Gasteiger partial charge is 0.307 e. The molecule has 0 radical (unpaired) electrons. The van der Waals surface area contributed by atoms with E-state index in [0.717, 1.165) is 0 Å². The SMILES string of the molecule is Cc1ccc2c3ccc(C)c4c3n(c2c1)c1cc(C(C)C)cc2cc[n+](C)c4c21. The maximum absolute atomic E-state index is 2.53. The summed E-state index contributed by atoms with van der Waals surface area (Å²) >= 11 is 0. The molecule has 0 amide bonds. The van der Waals surface area contributed by atoms with Crippen molar-refractivity contribution < 1.29 is 4.57 Å². The molecule has 0 N–H and O–H groups in total. The van der Waals surface area contributed by atoms with Crippen LogP contribution < -0.4 is 4.57 Å². The highest BCUT2D eigenvalue weighted by Crippen LogP contribution is 2.41. The minimum Gasteiger partial charge on any atom is -0.307 e. The standard InChI is InChI=1S/C27H25N2/c1-15(2)19-13-18-10-11-28(5)27-24-17(4)7-9-21-20-8-6-16(3)12-22(20)29(26(21)24)23(14-19)25(18)27/h6-15H,1-5H3/q+1. The van der Waals surface area contributed by atoms with Gasteiger partial charge in [0.25, 0.3) is 0 Å². The lowest BCUT2D eigenvalue weighted by molar-refractivity contribution is -0.643. The smallest absolute Gasteiger partial charge is 0.224 e. The van der Waals surface area contributed by atoms with Crippen LogP contribution in [-0.4, -0.2) is 4.40 Å². The van der Waals surface area contributed by atoms with Gasteiger partial charge >= 0.3 is 0 Å². The van der Waals surface area contributed by atoms with Crippen molar-refractivity contribution in [3.8, 4) is 0 Å². The van der Waals surface area contributed by atoms with Crippen molar-refractivity contribution in [2.75, 3.05) is 0 Å². The highest BCUT2D eigenvalue weighted by Gasteiger charge is 2.24. The van der Waals surface area contributed by atoms with Gasteiger partial charge in [-0.25, -0.2) is 4.57 Å². The Morgan fingerprint density at radius 3 is 2.41 bits per heavy atom. The molecule has 3 aromatic carbocycles. The third kappa shape index (κ3) is 2.04. The molecule has 0 saturated heterocycles. The first-order valence-corrected chi connectivity index (χ1v) is 10.5. The van der Waals surface area contributed by atoms with Crippen molar-refractivity contribution in [3.05, 3.63) is 71.4 Å². The van der Waals surface area contributed by atoms with E-state index in [1.54, 1.807) is 0 Å². The summed E-state index contributed by atoms with van der Waals surface area (Å²) in [6.07, 6.45) is 2.21. The Labute approximate surface area is 170 Å². The van der Waals surface area contributed by atoms with Crippen LogP contribution in [0.2, 0.25) is 0 Å². The molecule has 6 aromatic rings. The zero-order chi connectivity index (χ0) is 20.0. The lowest BCUT2D eigenvalue weighted by Crippen LogP contribution is -2.29. The number of benzene rings is 3. The molecule has 0 bridgehead atoms. The summed E-state index contributed by atoms with van der Waals surface area (Å²) in [5.74, 6) is 0.492. The van der Waals surface area contributed by atoms with Gasteiger partial charge in [0.2, 0.25) is 5.52 Å². The summed E-state index contributed by atoms with van der Waals surface area (Å²) in [6.45, 7) is 9.00. The first kappa shape index (κ1) is 16.8. The zero-order valence-electron chi connectivity index (χ0n) is 17.7. The fourth-order valence-corrected chi connectivity index (χ4v) is 5.18. The van der Waals surface area contributed by atoms with Crippen LogP contribution in [0.15, 0.2) is 54.7 Å². The van der Waals surface area contributed by atoms with Crippen molar-refractivity contribution in [2.24, 2.45) is 7.05 Å². The highest BCUT2D eigenvalue weighted by atomic mass is 15.0. The zero-order valence-corrected chi connectivity index (χ0v) is 17.7. The number of pyridine rings is 2. The molecule has 0 spiro atoms. The van der Waals surface area contributed by atoms with Gasteiger partial charge in [-0.05, 0) is 54.0 Å². The van der Waals surface area contributed by atoms with E-state index in [4.69, 9.17) is 0 Å². The lowest BCUT2D eigenvalue weighted by atomic mass is 9.95. The van der Waals surface area contributed by atoms with Crippen molar-refractivity contribution in [3.63, 3.8) is 0 Å². The van der Waals surface area contributed by atoms with Crippen molar-refractivity contribution in [2.45, 2.75) is 33.6 Å². The predicted molar refractivity (Wildman–Crippen MR) is 123 cm³/mol. The molecule has 0 aliphatic carbocycles. The van der Waals surface area contributed by atoms with Gasteiger partial charge in [0.15, 0.2) is 6.20 Å². The summed E-state index contributed by atoms with van der Waals surface area (Å²) < 4.78 is 4.83. The van der Waals surface area contributed by atoms with Crippen LogP contribution in [0.4, 0.5) is 0 Å². The van der Waals surface area contributed by atoms with Gasteiger partial charge in [0.05, 0.1) is 27.3 Å². The van der Waals surface area contributed by atoms with Gasteiger partial charge in [-0.3, -0.25) is 0 Å². The van der Waals surface area contributed by atoms with E-state index in [0.29, 0.717) is 5.92 Å². The van der Waals surface area contributed by atoms with Crippen molar-refractivity contribution in [1.82, 2.24) is 4.40 Å². The van der Waals surface area contributed by atoms with E-state index in [2.05, 4.69) is 98.4 Å². The molecule has 142 valence electrons. The van der Waals surface area contributed by atoms with E-state index < -0.39 is 0 Å². The number of hydrogen-bond acceptors (Lipinski definition) is 0. The highest BCUT2D eigenvalue weighted by molar-refractivity contribution is 6.25. The minimum atomic E-state index is 0.492. The topological polar surface area (TPSA) is 8.29 Å². The molecule has 2 nitrogen and oxygen atoms in total. The van der Waals surface area contributed by atoms with E-state index in [1.165, 1.54) is 65.7 Å². The van der Waals surface area contributed by atoms with Crippen LogP contribution in [0.3, 0.4) is 0 Å². The molecule has 0 atom stereocenters. The van der Waals surface area contributed by atoms with E-state index >= 15 is 0 Å². The summed E-state index contributed by atoms with van der Waals surface area (Å²) in [7, 11) is 2.18. The van der Waals surface area contributed by atoms with Crippen molar-refractivity contribution >= 4 is 49.0 Å². The molecule has 6 rings (SSSR count). The van der Waals surface area contributed by atoms with Gasteiger partial charge in [-0.1, -0.05) is 44.2 Å². The van der Waals surface area contributed by atoms with Crippen LogP contribution in [0.25, 0.3) is 49.0 Å². The number of aryl methyl sites for hydroxylation is 3. The Morgan fingerprint density at radius 1 is 0.828 bits per heavy atom. The van der Waals surface area contributed by atoms with Gasteiger partial charge in [0.1, 0.15) is 7.05 Å². The van der Waals surface area contributed by atoms with Gasteiger partial charge in [-0.15, -0.1) is 0 Å². The third-order valence-corrected chi connectivity index (χ3v) is 6.68. The predicted octanol–water partition coefficient (Wildman–Crippen LogP) is 6.55. The van der Waals surface area contributed by atoms with Crippen molar-refractivity contribution in [1.29, 1.82) is 0 Å². The molecular formula is C27H25N2+. The van der Waals surface area contributed by atoms with Crippen LogP contribution in [0, 0.1) is 13.8 Å². The van der Waals surface area contributed by atoms with Crippen LogP contribution in [0.5, 0.6) is 0 Å². The molecular weight excluding hydrogens is 352 g/mol. The number of fused-ring (bicyclic) bond motifs is 5. The second-order valence-electron chi connectivity index (χ2n) is 8.94. The molecule has 0 aliphatic rings. The Bertz CT molecular complexity index is 1600. The number of aromatic nitrogens is 2. The first-order chi connectivity index (χ1) is 14.0. The Morgan fingerprint density at radius 2 is 1.62 bits per heavy atom. The molecule has 0 saturated carbocycles. The maximum Gasteiger partial charge on any atom is 0.224 e. The monoisotopic (exact) mass is 377 g/mol. The summed E-state index contributed by atoms with van der Waals surface area (Å²) in [6, 6.07) is 18.5. The van der Waals surface area contributed by atoms with Crippen LogP contribution >= 0.6 is 0 Å². The summed E-state index contributed by atoms with van der Waals surface area (Å²) in [5.41, 5.74) is 9.35. The third-order valence-electron chi connectivity index (χ3n) is 6.68. The second-order valence-corrected chi connectivity index (χ2v) is 8.94. The van der Waals surface area contributed by atoms with E-state index in [9.17, 15) is 0 Å². The molecule has 0 unspecified atom stereocenters. The van der Waals surface area contributed by atoms with Gasteiger partial charge in [-0.2, -0.15) is 0 Å². The molecule has 0 fully saturated rings. The fourth-order valence-electron chi connectivity index (χ4n) is 5.18. The quantitative estimate of drug-likeness (QED) is 0.174. The Kier molecular flexibility index (Phi) is 3.17. The molecule has 3 aromatic heterocycles. The Hall–Kier alpha value is -3.13. The first-order valence-electron chi connectivity index (χ1n) is 10.5. The van der Waals surface area contributed by atoms with Crippen LogP contribution in [0.1, 0.15) is 36.5 Å². The lowest BCUT2D eigenvalue weighted by Gasteiger charge is -2.15. The Balaban J connectivity index is 2.09. The minimum absolute atomic E-state index is 0.492. The number of nitrogens with zero attached hydrogens (tertiary/aromatic N) is 2. The number of hydrogen-bond donors (Lipinski definition) is 0. The summed E-state index contributed by atoms with van der Waals surface area (Å²) in [4.78, 5) is 0. The average molecular weight is 378 g/mol. The van der Waals surface area contributed by atoms with E-state index in [-0.39, 0.29) is 0 Å². The fraction of sp³-hybridized carbons (Fsp3) is 0.222. The molecule has 0 aliphatic heterocycles. The second kappa shape index (κ2) is 5.48. The molecule has 2 heteroatoms. The molecule has 29 heavy (non-hydrogen) atoms. The summed E-state index contributed by atoms with van der Waals surface area (Å²) in [5, 5.41) is 6.75. The number of rotatable bonds is 1. The van der Waals surface area contributed by atoms with Crippen LogP contribution in [-0.2, 0) is 7.05 Å². The molecule has 3 heterocycles. The van der Waals surface area contributed by atoms with E-state index in [1.807, 2.05) is 0 Å². The average Bonchev–Trinajstić information content (AvgIpc) is 3.02.